The predicted molar refractivity (Wildman–Crippen MR) is 99.5 cm³/mol. The van der Waals surface area contributed by atoms with Gasteiger partial charge in [-0.3, -0.25) is 0 Å². The Bertz CT molecular complexity index is 368. The van der Waals surface area contributed by atoms with Crippen molar-refractivity contribution in [2.24, 2.45) is 23.7 Å². The van der Waals surface area contributed by atoms with Gasteiger partial charge in [0, 0.05) is 11.4 Å². The van der Waals surface area contributed by atoms with Gasteiger partial charge in [0.15, 0.2) is 0 Å². The zero-order chi connectivity index (χ0) is 16.5. The average molecular weight is 304 g/mol. The molecule has 1 N–H and O–H groups in total. The van der Waals surface area contributed by atoms with Crippen LogP contribution in [0.2, 0.25) is 0 Å². The highest BCUT2D eigenvalue weighted by atomic mass is 14.9. The molecule has 0 amide bonds. The van der Waals surface area contributed by atoms with E-state index < -0.39 is 0 Å². The maximum Gasteiger partial charge on any atom is 0.00784 e. The third kappa shape index (κ3) is 5.66. The SMILES string of the molecule is C=CC1CC(CC)C(CCCCCC)C1CC(=C)NC(=C)C. The number of nitrogens with one attached hydrogen (secondary N) is 1. The molecular weight excluding hydrogens is 266 g/mol. The molecule has 0 aromatic rings. The molecule has 1 fully saturated rings. The largest absolute Gasteiger partial charge is 0.364 e. The summed E-state index contributed by atoms with van der Waals surface area (Å²) in [6.07, 6.45) is 12.8. The van der Waals surface area contributed by atoms with E-state index in [4.69, 9.17) is 0 Å². The predicted octanol–water partition coefficient (Wildman–Crippen LogP) is 6.45. The highest BCUT2D eigenvalue weighted by molar-refractivity contribution is 5.07. The van der Waals surface area contributed by atoms with Gasteiger partial charge in [-0.2, -0.15) is 0 Å². The van der Waals surface area contributed by atoms with Gasteiger partial charge in [0.1, 0.15) is 0 Å². The second-order valence-corrected chi connectivity index (χ2v) is 7.19. The van der Waals surface area contributed by atoms with Crippen LogP contribution in [0.3, 0.4) is 0 Å². The lowest BCUT2D eigenvalue weighted by Gasteiger charge is -2.27. The molecule has 4 atom stereocenters. The normalized spacial score (nSPS) is 27.6. The van der Waals surface area contributed by atoms with Crippen molar-refractivity contribution in [3.63, 3.8) is 0 Å². The van der Waals surface area contributed by atoms with E-state index in [0.29, 0.717) is 11.8 Å². The summed E-state index contributed by atoms with van der Waals surface area (Å²) in [7, 11) is 0. The fraction of sp³-hybridized carbons (Fsp3) is 0.714. The highest BCUT2D eigenvalue weighted by Crippen LogP contribution is 2.48. The van der Waals surface area contributed by atoms with Crippen molar-refractivity contribution in [2.45, 2.75) is 72.1 Å². The molecule has 1 aliphatic carbocycles. The van der Waals surface area contributed by atoms with Gasteiger partial charge < -0.3 is 5.32 Å². The van der Waals surface area contributed by atoms with Crippen molar-refractivity contribution in [3.8, 4) is 0 Å². The van der Waals surface area contributed by atoms with Crippen molar-refractivity contribution in [1.29, 1.82) is 0 Å². The quantitative estimate of drug-likeness (QED) is 0.342. The van der Waals surface area contributed by atoms with Crippen LogP contribution >= 0.6 is 0 Å². The first kappa shape index (κ1) is 19.1. The van der Waals surface area contributed by atoms with Crippen molar-refractivity contribution >= 4 is 0 Å². The van der Waals surface area contributed by atoms with Gasteiger partial charge in [-0.05, 0) is 49.9 Å². The fourth-order valence-electron chi connectivity index (χ4n) is 4.30. The molecule has 1 aliphatic rings. The van der Waals surface area contributed by atoms with Crippen LogP contribution in [-0.2, 0) is 0 Å². The smallest absolute Gasteiger partial charge is 0.00784 e. The second-order valence-electron chi connectivity index (χ2n) is 7.19. The van der Waals surface area contributed by atoms with E-state index in [-0.39, 0.29) is 0 Å². The highest BCUT2D eigenvalue weighted by Gasteiger charge is 2.40. The van der Waals surface area contributed by atoms with E-state index in [1.54, 1.807) is 0 Å². The van der Waals surface area contributed by atoms with Crippen molar-refractivity contribution in [3.05, 3.63) is 37.2 Å². The van der Waals surface area contributed by atoms with E-state index in [1.165, 1.54) is 44.9 Å². The van der Waals surface area contributed by atoms with E-state index >= 15 is 0 Å². The third-order valence-electron chi connectivity index (χ3n) is 5.37. The van der Waals surface area contributed by atoms with Crippen molar-refractivity contribution in [2.75, 3.05) is 0 Å². The summed E-state index contributed by atoms with van der Waals surface area (Å²) < 4.78 is 0. The molecule has 1 rings (SSSR count). The molecule has 0 aliphatic heterocycles. The van der Waals surface area contributed by atoms with Crippen LogP contribution in [0, 0.1) is 23.7 Å². The summed E-state index contributed by atoms with van der Waals surface area (Å²) >= 11 is 0. The Labute approximate surface area is 139 Å². The fourth-order valence-corrected chi connectivity index (χ4v) is 4.30. The molecule has 1 saturated carbocycles. The van der Waals surface area contributed by atoms with Crippen LogP contribution in [0.4, 0.5) is 0 Å². The van der Waals surface area contributed by atoms with Crippen LogP contribution in [-0.4, -0.2) is 0 Å². The summed E-state index contributed by atoms with van der Waals surface area (Å²) in [6.45, 7) is 18.9. The average Bonchev–Trinajstić information content (AvgIpc) is 2.80. The maximum atomic E-state index is 4.22. The van der Waals surface area contributed by atoms with Crippen LogP contribution in [0.25, 0.3) is 0 Å². The molecule has 1 heteroatoms. The van der Waals surface area contributed by atoms with Crippen molar-refractivity contribution in [1.82, 2.24) is 5.32 Å². The minimum atomic E-state index is 0.657. The van der Waals surface area contributed by atoms with Gasteiger partial charge in [0.2, 0.25) is 0 Å². The van der Waals surface area contributed by atoms with Gasteiger partial charge in [-0.25, -0.2) is 0 Å². The van der Waals surface area contributed by atoms with Crippen LogP contribution in [0.15, 0.2) is 37.2 Å². The number of hydrogen-bond donors (Lipinski definition) is 1. The van der Waals surface area contributed by atoms with Crippen molar-refractivity contribution < 1.29 is 0 Å². The minimum Gasteiger partial charge on any atom is -0.364 e. The molecule has 1 nitrogen and oxygen atoms in total. The van der Waals surface area contributed by atoms with Crippen LogP contribution < -0.4 is 5.32 Å². The molecule has 0 bridgehead atoms. The first-order valence-electron chi connectivity index (χ1n) is 9.26. The Balaban J connectivity index is 2.69. The van der Waals surface area contributed by atoms with Gasteiger partial charge >= 0.3 is 0 Å². The molecule has 22 heavy (non-hydrogen) atoms. The summed E-state index contributed by atoms with van der Waals surface area (Å²) in [5, 5.41) is 3.32. The molecule has 0 aromatic heterocycles. The van der Waals surface area contributed by atoms with Gasteiger partial charge in [0.25, 0.3) is 0 Å². The molecule has 0 saturated heterocycles. The summed E-state index contributed by atoms with van der Waals surface area (Å²) in [5.74, 6) is 3.08. The maximum absolute atomic E-state index is 4.22. The van der Waals surface area contributed by atoms with Gasteiger partial charge in [-0.1, -0.05) is 65.2 Å². The van der Waals surface area contributed by atoms with E-state index in [9.17, 15) is 0 Å². The Kier molecular flexibility index (Phi) is 8.60. The minimum absolute atomic E-state index is 0.657. The molecule has 126 valence electrons. The Hall–Kier alpha value is -0.980. The lowest BCUT2D eigenvalue weighted by molar-refractivity contribution is 0.262. The summed E-state index contributed by atoms with van der Waals surface area (Å²) in [5.41, 5.74) is 2.12. The Morgan fingerprint density at radius 2 is 1.86 bits per heavy atom. The summed E-state index contributed by atoms with van der Waals surface area (Å²) in [4.78, 5) is 0. The third-order valence-corrected chi connectivity index (χ3v) is 5.37. The zero-order valence-electron chi connectivity index (χ0n) is 15.2. The van der Waals surface area contributed by atoms with Crippen LogP contribution in [0.5, 0.6) is 0 Å². The number of allylic oxidation sites excluding steroid dienone is 3. The van der Waals surface area contributed by atoms with E-state index in [1.807, 2.05) is 6.92 Å². The monoisotopic (exact) mass is 303 g/mol. The molecule has 0 heterocycles. The zero-order valence-corrected chi connectivity index (χ0v) is 15.2. The number of hydrogen-bond acceptors (Lipinski definition) is 1. The standard InChI is InChI=1S/C21H37N/c1-7-10-11-12-13-20-18(8-2)15-19(9-3)21(20)14-17(6)22-16(4)5/h9,18-22H,3-4,6-8,10-15H2,1-2,5H3. The molecule has 0 spiro atoms. The molecule has 4 unspecified atom stereocenters. The Morgan fingerprint density at radius 1 is 1.14 bits per heavy atom. The Morgan fingerprint density at radius 3 is 2.41 bits per heavy atom. The van der Waals surface area contributed by atoms with E-state index in [2.05, 4.69) is 45.0 Å². The lowest BCUT2D eigenvalue weighted by atomic mass is 9.80. The van der Waals surface area contributed by atoms with Gasteiger partial charge in [0.05, 0.1) is 0 Å². The lowest BCUT2D eigenvalue weighted by Crippen LogP contribution is -2.21. The van der Waals surface area contributed by atoms with E-state index in [0.717, 1.165) is 29.7 Å². The number of rotatable bonds is 11. The second kappa shape index (κ2) is 9.92. The van der Waals surface area contributed by atoms with Gasteiger partial charge in [-0.15, -0.1) is 6.58 Å². The summed E-state index contributed by atoms with van der Waals surface area (Å²) in [6, 6.07) is 0. The first-order chi connectivity index (χ1) is 10.5. The topological polar surface area (TPSA) is 12.0 Å². The molecule has 0 aromatic carbocycles. The molecular formula is C21H37N. The van der Waals surface area contributed by atoms with Crippen LogP contribution in [0.1, 0.15) is 72.1 Å². The first-order valence-corrected chi connectivity index (χ1v) is 9.26. The molecule has 0 radical (unpaired) electrons. The number of unbranched alkanes of at least 4 members (excludes halogenated alkanes) is 3.